The van der Waals surface area contributed by atoms with E-state index in [1.54, 1.807) is 6.92 Å². The molecule has 1 aliphatic heterocycles. The fourth-order valence-corrected chi connectivity index (χ4v) is 4.58. The van der Waals surface area contributed by atoms with Crippen molar-refractivity contribution in [2.75, 3.05) is 25.9 Å². The van der Waals surface area contributed by atoms with Crippen LogP contribution in [-0.4, -0.2) is 66.5 Å². The Kier molecular flexibility index (Phi) is 6.00. The number of carboxylic acid groups (broad SMARTS) is 1. The molecule has 7 nitrogen and oxygen atoms in total. The van der Waals surface area contributed by atoms with Gasteiger partial charge in [-0.2, -0.15) is 0 Å². The fourth-order valence-electron chi connectivity index (χ4n) is 2.93. The van der Waals surface area contributed by atoms with Gasteiger partial charge in [0.05, 0.1) is 12.2 Å². The van der Waals surface area contributed by atoms with Gasteiger partial charge in [-0.1, -0.05) is 6.07 Å². The van der Waals surface area contributed by atoms with E-state index in [1.165, 1.54) is 20.5 Å². The van der Waals surface area contributed by atoms with Crippen molar-refractivity contribution in [1.29, 1.82) is 0 Å². The molecule has 1 aliphatic rings. The SMILES string of the molecule is C[C@@H](C(=O)N(CC(=O)O)C1CCN(S(C)(=O)=O)CC1)c1cccs1. The molecule has 1 saturated heterocycles. The Balaban J connectivity index is 2.11. The smallest absolute Gasteiger partial charge is 0.323 e. The minimum atomic E-state index is -3.25. The number of amides is 1. The van der Waals surface area contributed by atoms with E-state index in [2.05, 4.69) is 0 Å². The summed E-state index contributed by atoms with van der Waals surface area (Å²) in [6.07, 6.45) is 2.05. The predicted molar refractivity (Wildman–Crippen MR) is 91.5 cm³/mol. The zero-order valence-electron chi connectivity index (χ0n) is 13.7. The van der Waals surface area contributed by atoms with E-state index >= 15 is 0 Å². The number of sulfonamides is 1. The normalized spacial score (nSPS) is 18.2. The zero-order chi connectivity index (χ0) is 17.9. The molecule has 0 bridgehead atoms. The van der Waals surface area contributed by atoms with Crippen LogP contribution in [-0.2, 0) is 19.6 Å². The third-order valence-corrected chi connectivity index (χ3v) is 6.62. The average molecular weight is 374 g/mol. The number of nitrogens with zero attached hydrogens (tertiary/aromatic N) is 2. The van der Waals surface area contributed by atoms with Crippen LogP contribution in [0.25, 0.3) is 0 Å². The Morgan fingerprint density at radius 3 is 2.50 bits per heavy atom. The Morgan fingerprint density at radius 2 is 2.04 bits per heavy atom. The number of carbonyl (C=O) groups excluding carboxylic acids is 1. The van der Waals surface area contributed by atoms with Crippen LogP contribution in [0.2, 0.25) is 0 Å². The number of hydrogen-bond acceptors (Lipinski definition) is 5. The van der Waals surface area contributed by atoms with Crippen molar-refractivity contribution >= 4 is 33.2 Å². The van der Waals surface area contributed by atoms with Crippen LogP contribution in [0, 0.1) is 0 Å². The zero-order valence-corrected chi connectivity index (χ0v) is 15.3. The first-order chi connectivity index (χ1) is 11.2. The Labute approximate surface area is 145 Å². The molecular weight excluding hydrogens is 352 g/mol. The molecule has 2 rings (SSSR count). The maximum atomic E-state index is 12.8. The van der Waals surface area contributed by atoms with Gasteiger partial charge in [-0.05, 0) is 31.2 Å². The lowest BCUT2D eigenvalue weighted by atomic mass is 10.0. The largest absolute Gasteiger partial charge is 0.480 e. The van der Waals surface area contributed by atoms with Crippen molar-refractivity contribution in [2.45, 2.75) is 31.7 Å². The predicted octanol–water partition coefficient (Wildman–Crippen LogP) is 1.19. The molecule has 9 heteroatoms. The third-order valence-electron chi connectivity index (χ3n) is 4.26. The lowest BCUT2D eigenvalue weighted by Crippen LogP contribution is -2.51. The van der Waals surface area contributed by atoms with Crippen LogP contribution in [0.1, 0.15) is 30.6 Å². The minimum absolute atomic E-state index is 0.224. The summed E-state index contributed by atoms with van der Waals surface area (Å²) in [5, 5.41) is 11.0. The van der Waals surface area contributed by atoms with E-state index in [9.17, 15) is 18.0 Å². The number of rotatable bonds is 6. The summed E-state index contributed by atoms with van der Waals surface area (Å²) in [4.78, 5) is 26.3. The summed E-state index contributed by atoms with van der Waals surface area (Å²) in [5.41, 5.74) is 0. The summed E-state index contributed by atoms with van der Waals surface area (Å²) >= 11 is 1.46. The number of carbonyl (C=O) groups is 2. The van der Waals surface area contributed by atoms with E-state index in [0.717, 1.165) is 11.1 Å². The molecule has 1 N–H and O–H groups in total. The first-order valence-electron chi connectivity index (χ1n) is 7.71. The topological polar surface area (TPSA) is 95.0 Å². The molecule has 0 unspecified atom stereocenters. The summed E-state index contributed by atoms with van der Waals surface area (Å²) in [5.74, 6) is -1.69. The van der Waals surface area contributed by atoms with E-state index in [4.69, 9.17) is 5.11 Å². The van der Waals surface area contributed by atoms with E-state index in [-0.39, 0.29) is 18.5 Å². The van der Waals surface area contributed by atoms with Gasteiger partial charge in [0.1, 0.15) is 6.54 Å². The standard InChI is InChI=1S/C15H22N2O5S2/c1-11(13-4-3-9-23-13)15(20)17(10-14(18)19)12-5-7-16(8-6-12)24(2,21)22/h3-4,9,11-12H,5-8,10H2,1-2H3,(H,18,19)/t11-/m1/s1. The second-order valence-electron chi connectivity index (χ2n) is 5.99. The highest BCUT2D eigenvalue weighted by Crippen LogP contribution is 2.26. The van der Waals surface area contributed by atoms with Gasteiger partial charge in [0.15, 0.2) is 0 Å². The van der Waals surface area contributed by atoms with Gasteiger partial charge in [0.25, 0.3) is 0 Å². The maximum Gasteiger partial charge on any atom is 0.323 e. The number of piperidine rings is 1. The molecule has 2 heterocycles. The second kappa shape index (κ2) is 7.62. The maximum absolute atomic E-state index is 12.8. The first-order valence-corrected chi connectivity index (χ1v) is 10.4. The number of thiophene rings is 1. The van der Waals surface area contributed by atoms with Crippen LogP contribution in [0.3, 0.4) is 0 Å². The number of aliphatic carboxylic acids is 1. The van der Waals surface area contributed by atoms with E-state index in [0.29, 0.717) is 25.9 Å². The summed E-state index contributed by atoms with van der Waals surface area (Å²) in [7, 11) is -3.25. The monoisotopic (exact) mass is 374 g/mol. The van der Waals surface area contributed by atoms with Gasteiger partial charge in [-0.15, -0.1) is 11.3 Å². The molecule has 0 saturated carbocycles. The highest BCUT2D eigenvalue weighted by molar-refractivity contribution is 7.88. The lowest BCUT2D eigenvalue weighted by molar-refractivity contribution is -0.147. The number of carboxylic acids is 1. The van der Waals surface area contributed by atoms with Crippen LogP contribution in [0.4, 0.5) is 0 Å². The van der Waals surface area contributed by atoms with Gasteiger partial charge in [-0.25, -0.2) is 12.7 Å². The first kappa shape index (κ1) is 18.9. The Morgan fingerprint density at radius 1 is 1.42 bits per heavy atom. The summed E-state index contributed by atoms with van der Waals surface area (Å²) in [6, 6.07) is 3.46. The fraction of sp³-hybridized carbons (Fsp3) is 0.600. The van der Waals surface area contributed by atoms with Gasteiger partial charge in [0, 0.05) is 24.0 Å². The quantitative estimate of drug-likeness (QED) is 0.807. The summed E-state index contributed by atoms with van der Waals surface area (Å²) in [6.45, 7) is 2.02. The Hall–Kier alpha value is -1.45. The van der Waals surface area contributed by atoms with Gasteiger partial charge in [-0.3, -0.25) is 9.59 Å². The van der Waals surface area contributed by atoms with Crippen molar-refractivity contribution in [1.82, 2.24) is 9.21 Å². The molecule has 1 aromatic rings. The van der Waals surface area contributed by atoms with Gasteiger partial charge in [0.2, 0.25) is 15.9 Å². The molecular formula is C15H22N2O5S2. The third kappa shape index (κ3) is 4.55. The van der Waals surface area contributed by atoms with Crippen molar-refractivity contribution < 1.29 is 23.1 Å². The van der Waals surface area contributed by atoms with Gasteiger partial charge < -0.3 is 10.0 Å². The van der Waals surface area contributed by atoms with Gasteiger partial charge >= 0.3 is 5.97 Å². The minimum Gasteiger partial charge on any atom is -0.480 e. The van der Waals surface area contributed by atoms with Crippen LogP contribution < -0.4 is 0 Å². The molecule has 0 radical (unpaired) electrons. The van der Waals surface area contributed by atoms with Crippen LogP contribution in [0.15, 0.2) is 17.5 Å². The van der Waals surface area contributed by atoms with Crippen LogP contribution in [0.5, 0.6) is 0 Å². The molecule has 0 aromatic carbocycles. The van der Waals surface area contributed by atoms with Crippen LogP contribution >= 0.6 is 11.3 Å². The lowest BCUT2D eigenvalue weighted by Gasteiger charge is -2.37. The van der Waals surface area contributed by atoms with E-state index in [1.807, 2.05) is 17.5 Å². The Bertz CT molecular complexity index is 679. The highest BCUT2D eigenvalue weighted by atomic mass is 32.2. The molecule has 24 heavy (non-hydrogen) atoms. The molecule has 0 spiro atoms. The molecule has 0 aliphatic carbocycles. The van der Waals surface area contributed by atoms with Crippen molar-refractivity contribution in [3.05, 3.63) is 22.4 Å². The molecule has 1 atom stereocenters. The van der Waals surface area contributed by atoms with Crippen molar-refractivity contribution in [3.8, 4) is 0 Å². The summed E-state index contributed by atoms with van der Waals surface area (Å²) < 4.78 is 24.6. The highest BCUT2D eigenvalue weighted by Gasteiger charge is 2.34. The second-order valence-corrected chi connectivity index (χ2v) is 8.95. The van der Waals surface area contributed by atoms with E-state index < -0.39 is 21.9 Å². The average Bonchev–Trinajstić information content (AvgIpc) is 3.04. The molecule has 1 amide bonds. The molecule has 1 fully saturated rings. The molecule has 134 valence electrons. The number of hydrogen-bond donors (Lipinski definition) is 1. The van der Waals surface area contributed by atoms with Crippen molar-refractivity contribution in [2.24, 2.45) is 0 Å². The van der Waals surface area contributed by atoms with Crippen molar-refractivity contribution in [3.63, 3.8) is 0 Å². The molecule has 1 aromatic heterocycles.